The van der Waals surface area contributed by atoms with Crippen LogP contribution in [-0.2, 0) is 19.5 Å². The van der Waals surface area contributed by atoms with E-state index in [0.717, 1.165) is 37.6 Å². The van der Waals surface area contributed by atoms with Crippen molar-refractivity contribution in [2.45, 2.75) is 39.3 Å². The molecule has 0 atom stereocenters. The Morgan fingerprint density at radius 2 is 1.96 bits per heavy atom. The molecule has 0 radical (unpaired) electrons. The van der Waals surface area contributed by atoms with E-state index < -0.39 is 0 Å². The molecule has 0 bridgehead atoms. The summed E-state index contributed by atoms with van der Waals surface area (Å²) in [6.07, 6.45) is 3.32. The number of nitrogens with one attached hydrogen (secondary N) is 2. The number of fused-ring (bicyclic) bond motifs is 1. The molecule has 0 saturated heterocycles. The number of hydrogen-bond acceptors (Lipinski definition) is 4. The molecule has 1 aliphatic rings. The Bertz CT molecular complexity index is 816. The fourth-order valence-corrected chi connectivity index (χ4v) is 3.89. The topological polar surface area (TPSA) is 76.4 Å². The van der Waals surface area contributed by atoms with Gasteiger partial charge in [0.15, 0.2) is 17.5 Å². The van der Waals surface area contributed by atoms with Gasteiger partial charge in [-0.3, -0.25) is 0 Å². The number of aliphatic imine (C=N–C) groups is 1. The fourth-order valence-electron chi connectivity index (χ4n) is 2.97. The van der Waals surface area contributed by atoms with Crippen molar-refractivity contribution in [2.24, 2.45) is 4.99 Å². The number of aryl methyl sites for hydroxylation is 1. The lowest BCUT2D eigenvalue weighted by Gasteiger charge is -2.15. The van der Waals surface area contributed by atoms with Crippen LogP contribution in [0.3, 0.4) is 0 Å². The van der Waals surface area contributed by atoms with Crippen LogP contribution in [0.5, 0.6) is 5.75 Å². The zero-order chi connectivity index (χ0) is 19.9. The van der Waals surface area contributed by atoms with E-state index in [1.807, 2.05) is 6.92 Å². The lowest BCUT2D eigenvalue weighted by Crippen LogP contribution is -2.39. The number of aromatic nitrogens is 3. The summed E-state index contributed by atoms with van der Waals surface area (Å²) in [7, 11) is 0. The molecule has 7 nitrogen and oxygen atoms in total. The third-order valence-electron chi connectivity index (χ3n) is 4.26. The molecule has 2 heterocycles. The predicted molar refractivity (Wildman–Crippen MR) is 113 cm³/mol. The molecule has 2 aromatic rings. The van der Waals surface area contributed by atoms with E-state index in [1.54, 1.807) is 12.1 Å². The zero-order valence-electron chi connectivity index (χ0n) is 15.6. The zero-order valence-corrected chi connectivity index (χ0v) is 17.9. The van der Waals surface area contributed by atoms with Crippen LogP contribution in [0.4, 0.5) is 0 Å². The molecule has 0 spiro atoms. The number of benzene rings is 1. The quantitative estimate of drug-likeness (QED) is 0.386. The van der Waals surface area contributed by atoms with E-state index in [1.165, 1.54) is 6.42 Å². The van der Waals surface area contributed by atoms with Gasteiger partial charge in [0, 0.05) is 24.5 Å². The second-order valence-corrected chi connectivity index (χ2v) is 7.56. The lowest BCUT2D eigenvalue weighted by molar-refractivity contribution is 0.322. The summed E-state index contributed by atoms with van der Waals surface area (Å²) in [5.74, 6) is 3.06. The highest BCUT2D eigenvalue weighted by atomic mass is 35.5. The first-order valence-electron chi connectivity index (χ1n) is 9.29. The molecular formula is C18H23Cl3N6O. The molecule has 2 N–H and O–H groups in total. The highest BCUT2D eigenvalue weighted by Crippen LogP contribution is 2.35. The molecular weight excluding hydrogens is 423 g/mol. The van der Waals surface area contributed by atoms with Crippen molar-refractivity contribution in [3.05, 3.63) is 38.8 Å². The van der Waals surface area contributed by atoms with Gasteiger partial charge in [0.25, 0.3) is 0 Å². The summed E-state index contributed by atoms with van der Waals surface area (Å²) in [6.45, 7) is 5.09. The van der Waals surface area contributed by atoms with Crippen molar-refractivity contribution in [3.63, 3.8) is 0 Å². The summed E-state index contributed by atoms with van der Waals surface area (Å²) >= 11 is 18.2. The monoisotopic (exact) mass is 444 g/mol. The molecule has 10 heteroatoms. The smallest absolute Gasteiger partial charge is 0.191 e. The number of ether oxygens (including phenoxy) is 1. The molecule has 3 rings (SSSR count). The number of halogens is 3. The van der Waals surface area contributed by atoms with Crippen LogP contribution < -0.4 is 15.4 Å². The maximum atomic E-state index is 6.13. The summed E-state index contributed by atoms with van der Waals surface area (Å²) in [5.41, 5.74) is 0. The second kappa shape index (κ2) is 10.2. The van der Waals surface area contributed by atoms with Gasteiger partial charge in [-0.1, -0.05) is 34.8 Å². The Morgan fingerprint density at radius 1 is 1.18 bits per heavy atom. The van der Waals surface area contributed by atoms with Crippen LogP contribution in [0.1, 0.15) is 31.4 Å². The van der Waals surface area contributed by atoms with Crippen molar-refractivity contribution in [1.29, 1.82) is 0 Å². The maximum absolute atomic E-state index is 6.13. The van der Waals surface area contributed by atoms with Crippen molar-refractivity contribution in [3.8, 4) is 5.75 Å². The Labute approximate surface area is 179 Å². The van der Waals surface area contributed by atoms with E-state index in [0.29, 0.717) is 46.5 Å². The van der Waals surface area contributed by atoms with E-state index in [2.05, 4.69) is 30.4 Å². The first-order valence-corrected chi connectivity index (χ1v) is 10.4. The number of guanidine groups is 1. The van der Waals surface area contributed by atoms with Gasteiger partial charge in [-0.25, -0.2) is 4.99 Å². The number of nitrogens with zero attached hydrogens (tertiary/aromatic N) is 4. The normalized spacial score (nSPS) is 13.9. The van der Waals surface area contributed by atoms with Crippen molar-refractivity contribution >= 4 is 40.8 Å². The van der Waals surface area contributed by atoms with Crippen LogP contribution in [0, 0.1) is 0 Å². The minimum absolute atomic E-state index is 0.367. The number of rotatable bonds is 7. The first-order chi connectivity index (χ1) is 13.6. The van der Waals surface area contributed by atoms with Crippen LogP contribution >= 0.6 is 34.8 Å². The molecule has 0 unspecified atom stereocenters. The highest BCUT2D eigenvalue weighted by Gasteiger charge is 2.15. The molecule has 1 aliphatic heterocycles. The van der Waals surface area contributed by atoms with Crippen molar-refractivity contribution in [2.75, 3.05) is 19.7 Å². The maximum Gasteiger partial charge on any atom is 0.191 e. The van der Waals surface area contributed by atoms with E-state index in [-0.39, 0.29) is 0 Å². The molecule has 1 aromatic heterocycles. The van der Waals surface area contributed by atoms with Crippen molar-refractivity contribution < 1.29 is 4.74 Å². The minimum atomic E-state index is 0.367. The van der Waals surface area contributed by atoms with Crippen LogP contribution in [0.15, 0.2) is 17.1 Å². The van der Waals surface area contributed by atoms with E-state index in [4.69, 9.17) is 39.5 Å². The summed E-state index contributed by atoms with van der Waals surface area (Å²) in [5, 5.41) is 16.2. The Hall–Kier alpha value is -1.70. The molecule has 28 heavy (non-hydrogen) atoms. The second-order valence-electron chi connectivity index (χ2n) is 6.31. The molecule has 0 amide bonds. The SMILES string of the molecule is CCNC(=NCc1nnc2n1CCCC2)NCCOc1c(Cl)cc(Cl)cc1Cl. The molecule has 0 fully saturated rings. The Kier molecular flexibility index (Phi) is 7.65. The highest BCUT2D eigenvalue weighted by molar-refractivity contribution is 6.40. The van der Waals surface area contributed by atoms with Gasteiger partial charge >= 0.3 is 0 Å². The third-order valence-corrected chi connectivity index (χ3v) is 5.04. The third kappa shape index (κ3) is 5.43. The summed E-state index contributed by atoms with van der Waals surface area (Å²) in [6, 6.07) is 3.20. The first kappa shape index (κ1) is 21.0. The van der Waals surface area contributed by atoms with Gasteiger partial charge in [0.1, 0.15) is 19.0 Å². The Morgan fingerprint density at radius 3 is 2.71 bits per heavy atom. The largest absolute Gasteiger partial charge is 0.489 e. The van der Waals surface area contributed by atoms with E-state index in [9.17, 15) is 0 Å². The lowest BCUT2D eigenvalue weighted by atomic mass is 10.2. The average molecular weight is 446 g/mol. The molecule has 0 saturated carbocycles. The van der Waals surface area contributed by atoms with Gasteiger partial charge in [-0.15, -0.1) is 10.2 Å². The summed E-state index contributed by atoms with van der Waals surface area (Å²) in [4.78, 5) is 4.60. The standard InChI is InChI=1S/C18H23Cl3N6O/c1-2-22-18(24-11-16-26-25-15-5-3-4-7-27(15)16)23-6-8-28-17-13(20)9-12(19)10-14(17)21/h9-10H,2-8,11H2,1H3,(H2,22,23,24). The average Bonchev–Trinajstić information content (AvgIpc) is 3.08. The van der Waals surface area contributed by atoms with Crippen LogP contribution in [0.2, 0.25) is 15.1 Å². The van der Waals surface area contributed by atoms with Gasteiger partial charge in [-0.2, -0.15) is 0 Å². The fraction of sp³-hybridized carbons (Fsp3) is 0.500. The molecule has 152 valence electrons. The van der Waals surface area contributed by atoms with Gasteiger partial charge < -0.3 is 19.9 Å². The van der Waals surface area contributed by atoms with Gasteiger partial charge in [0.05, 0.1) is 16.6 Å². The predicted octanol–water partition coefficient (Wildman–Crippen LogP) is 3.71. The van der Waals surface area contributed by atoms with Crippen LogP contribution in [-0.4, -0.2) is 40.4 Å². The van der Waals surface area contributed by atoms with Crippen LogP contribution in [0.25, 0.3) is 0 Å². The Balaban J connectivity index is 1.53. The molecule has 0 aliphatic carbocycles. The minimum Gasteiger partial charge on any atom is -0.489 e. The molecule has 1 aromatic carbocycles. The van der Waals surface area contributed by atoms with E-state index >= 15 is 0 Å². The van der Waals surface area contributed by atoms with Gasteiger partial charge in [0.2, 0.25) is 0 Å². The van der Waals surface area contributed by atoms with Crippen molar-refractivity contribution in [1.82, 2.24) is 25.4 Å². The summed E-state index contributed by atoms with van der Waals surface area (Å²) < 4.78 is 7.85. The number of hydrogen-bond donors (Lipinski definition) is 2. The van der Waals surface area contributed by atoms with Gasteiger partial charge in [-0.05, 0) is 31.9 Å².